The number of azo groups is 1. The number of anilines is 2. The number of nitrogens with one attached hydrogen (secondary N) is 1. The Balaban J connectivity index is 1.47. The van der Waals surface area contributed by atoms with Crippen molar-refractivity contribution < 1.29 is 30.5 Å². The number of nitro groups is 1. The van der Waals surface area contributed by atoms with Gasteiger partial charge in [0.2, 0.25) is 0 Å². The second kappa shape index (κ2) is 11.0. The fraction of sp³-hybridized carbons (Fsp3) is 0.0400. The van der Waals surface area contributed by atoms with Crippen LogP contribution in [0.3, 0.4) is 0 Å². The van der Waals surface area contributed by atoms with E-state index in [0.29, 0.717) is 28.7 Å². The van der Waals surface area contributed by atoms with Gasteiger partial charge in [-0.1, -0.05) is 18.2 Å². The molecule has 200 valence electrons. The number of nitro benzene ring substituents is 1. The van der Waals surface area contributed by atoms with Gasteiger partial charge < -0.3 is 14.1 Å². The molecule has 39 heavy (non-hydrogen) atoms. The van der Waals surface area contributed by atoms with Crippen molar-refractivity contribution in [3.8, 4) is 5.75 Å². The Morgan fingerprint density at radius 2 is 1.46 bits per heavy atom. The molecule has 14 heteroatoms. The maximum atomic E-state index is 12.5. The van der Waals surface area contributed by atoms with E-state index in [9.17, 15) is 31.5 Å². The number of non-ortho nitro benzene ring substituents is 1. The molecule has 0 aliphatic rings. The fourth-order valence-corrected chi connectivity index (χ4v) is 5.02. The molecule has 4 aromatic carbocycles. The van der Waals surface area contributed by atoms with E-state index in [0.717, 1.165) is 12.1 Å². The standard InChI is InChI=1S/C25H20N4O8S2/c1-17-15-20(11-14-24(17)37-39(35,36)22-5-3-2-4-6-22)28-27-19-9-7-18(8-10-19)26-23-13-12-21(29(30)31)16-25(23)38(32,33)34/h2-16,26H,1H3,(H,32,33,34)/p-1. The molecule has 0 radical (unpaired) electrons. The average molecular weight is 568 g/mol. The third-order valence-corrected chi connectivity index (χ3v) is 7.39. The first-order chi connectivity index (χ1) is 18.4. The molecule has 0 amide bonds. The second-order valence-electron chi connectivity index (χ2n) is 8.06. The molecule has 0 saturated heterocycles. The summed E-state index contributed by atoms with van der Waals surface area (Å²) in [7, 11) is -8.97. The lowest BCUT2D eigenvalue weighted by Gasteiger charge is -2.14. The van der Waals surface area contributed by atoms with Crippen molar-refractivity contribution in [1.82, 2.24) is 0 Å². The van der Waals surface area contributed by atoms with Crippen molar-refractivity contribution in [2.24, 2.45) is 10.2 Å². The quantitative estimate of drug-likeness (QED) is 0.0867. The first-order valence-corrected chi connectivity index (χ1v) is 13.9. The van der Waals surface area contributed by atoms with Crippen LogP contribution in [-0.2, 0) is 20.2 Å². The van der Waals surface area contributed by atoms with Crippen LogP contribution in [0.5, 0.6) is 5.75 Å². The first-order valence-electron chi connectivity index (χ1n) is 11.1. The van der Waals surface area contributed by atoms with Crippen LogP contribution in [0, 0.1) is 17.0 Å². The van der Waals surface area contributed by atoms with Crippen molar-refractivity contribution in [1.29, 1.82) is 0 Å². The summed E-state index contributed by atoms with van der Waals surface area (Å²) in [5, 5.41) is 21.9. The number of rotatable bonds is 9. The Morgan fingerprint density at radius 1 is 0.821 bits per heavy atom. The summed E-state index contributed by atoms with van der Waals surface area (Å²) in [6.07, 6.45) is 0. The molecule has 0 saturated carbocycles. The van der Waals surface area contributed by atoms with E-state index in [1.807, 2.05) is 0 Å². The van der Waals surface area contributed by atoms with Gasteiger partial charge in [0.25, 0.3) is 5.69 Å². The van der Waals surface area contributed by atoms with Gasteiger partial charge >= 0.3 is 10.1 Å². The Bertz CT molecular complexity index is 1780. The van der Waals surface area contributed by atoms with E-state index < -0.39 is 35.7 Å². The molecule has 0 aliphatic carbocycles. The molecule has 1 N–H and O–H groups in total. The van der Waals surface area contributed by atoms with E-state index in [2.05, 4.69) is 15.5 Å². The summed E-state index contributed by atoms with van der Waals surface area (Å²) >= 11 is 0. The fourth-order valence-electron chi connectivity index (χ4n) is 3.36. The zero-order valence-corrected chi connectivity index (χ0v) is 21.7. The van der Waals surface area contributed by atoms with Crippen LogP contribution in [0.1, 0.15) is 5.56 Å². The maximum absolute atomic E-state index is 12.5. The Labute approximate surface area is 223 Å². The molecule has 4 aromatic rings. The highest BCUT2D eigenvalue weighted by molar-refractivity contribution is 7.87. The number of nitrogens with zero attached hydrogens (tertiary/aromatic N) is 3. The largest absolute Gasteiger partial charge is 0.744 e. The van der Waals surface area contributed by atoms with E-state index in [4.69, 9.17) is 4.18 Å². The van der Waals surface area contributed by atoms with Crippen LogP contribution in [0.2, 0.25) is 0 Å². The number of benzene rings is 4. The summed E-state index contributed by atoms with van der Waals surface area (Å²) < 4.78 is 64.9. The van der Waals surface area contributed by atoms with Gasteiger partial charge in [-0.2, -0.15) is 18.6 Å². The van der Waals surface area contributed by atoms with Crippen LogP contribution in [0.15, 0.2) is 111 Å². The number of aryl methyl sites for hydroxylation is 1. The van der Waals surface area contributed by atoms with E-state index >= 15 is 0 Å². The molecular weight excluding hydrogens is 548 g/mol. The van der Waals surface area contributed by atoms with E-state index in [1.54, 1.807) is 61.5 Å². The minimum absolute atomic E-state index is 0.0329. The monoisotopic (exact) mass is 567 g/mol. The van der Waals surface area contributed by atoms with Gasteiger partial charge in [0, 0.05) is 17.8 Å². The van der Waals surface area contributed by atoms with Gasteiger partial charge in [-0.15, -0.1) is 0 Å². The van der Waals surface area contributed by atoms with Gasteiger partial charge in [-0.25, -0.2) is 8.42 Å². The summed E-state index contributed by atoms with van der Waals surface area (Å²) in [6, 6.07) is 21.5. The summed E-state index contributed by atoms with van der Waals surface area (Å²) in [5.74, 6) is 0.152. The Hall–Kier alpha value is -4.66. The van der Waals surface area contributed by atoms with Gasteiger partial charge in [-0.05, 0) is 73.2 Å². The zero-order valence-electron chi connectivity index (χ0n) is 20.1. The Morgan fingerprint density at radius 3 is 2.08 bits per heavy atom. The predicted octanol–water partition coefficient (Wildman–Crippen LogP) is 5.73. The summed E-state index contributed by atoms with van der Waals surface area (Å²) in [4.78, 5) is 9.42. The smallest absolute Gasteiger partial charge is 0.339 e. The molecule has 0 aliphatic heterocycles. The van der Waals surface area contributed by atoms with Gasteiger partial charge in [0.15, 0.2) is 0 Å². The summed E-state index contributed by atoms with van der Waals surface area (Å²) in [5.41, 5.74) is 1.15. The van der Waals surface area contributed by atoms with Crippen LogP contribution >= 0.6 is 0 Å². The van der Waals surface area contributed by atoms with E-state index in [-0.39, 0.29) is 16.3 Å². The highest BCUT2D eigenvalue weighted by atomic mass is 32.2. The lowest BCUT2D eigenvalue weighted by molar-refractivity contribution is -0.385. The minimum atomic E-state index is -4.98. The molecule has 0 unspecified atom stereocenters. The molecule has 0 heterocycles. The van der Waals surface area contributed by atoms with Gasteiger partial charge in [0.05, 0.1) is 26.9 Å². The molecule has 0 atom stereocenters. The zero-order chi connectivity index (χ0) is 28.2. The maximum Gasteiger partial charge on any atom is 0.339 e. The lowest BCUT2D eigenvalue weighted by Crippen LogP contribution is -2.10. The molecule has 12 nitrogen and oxygen atoms in total. The number of hydrogen-bond donors (Lipinski definition) is 1. The molecule has 0 aromatic heterocycles. The molecule has 0 bridgehead atoms. The van der Waals surface area contributed by atoms with Gasteiger partial charge in [0.1, 0.15) is 20.8 Å². The first kappa shape index (κ1) is 27.4. The molecular formula is C25H19N4O8S2-. The van der Waals surface area contributed by atoms with Crippen LogP contribution < -0.4 is 9.50 Å². The third kappa shape index (κ3) is 6.81. The third-order valence-electron chi connectivity index (χ3n) is 5.26. The molecule has 4 rings (SSSR count). The van der Waals surface area contributed by atoms with Crippen molar-refractivity contribution in [2.45, 2.75) is 16.7 Å². The van der Waals surface area contributed by atoms with Crippen molar-refractivity contribution in [2.75, 3.05) is 5.32 Å². The minimum Gasteiger partial charge on any atom is -0.744 e. The van der Waals surface area contributed by atoms with Crippen molar-refractivity contribution in [3.05, 3.63) is 107 Å². The van der Waals surface area contributed by atoms with Crippen LogP contribution in [0.4, 0.5) is 28.4 Å². The second-order valence-corrected chi connectivity index (χ2v) is 11.0. The molecule has 0 spiro atoms. The summed E-state index contributed by atoms with van der Waals surface area (Å²) in [6.45, 7) is 1.67. The van der Waals surface area contributed by atoms with Crippen molar-refractivity contribution >= 4 is 48.7 Å². The normalized spacial score (nSPS) is 11.8. The average Bonchev–Trinajstić information content (AvgIpc) is 2.89. The number of hydrogen-bond acceptors (Lipinski definition) is 11. The topological polar surface area (TPSA) is 180 Å². The highest BCUT2D eigenvalue weighted by Crippen LogP contribution is 2.31. The van der Waals surface area contributed by atoms with E-state index in [1.165, 1.54) is 18.2 Å². The highest BCUT2D eigenvalue weighted by Gasteiger charge is 2.18. The van der Waals surface area contributed by atoms with Crippen LogP contribution in [-0.4, -0.2) is 26.3 Å². The lowest BCUT2D eigenvalue weighted by atomic mass is 10.2. The molecule has 0 fully saturated rings. The Kier molecular flexibility index (Phi) is 7.71. The SMILES string of the molecule is Cc1cc(N=Nc2ccc(Nc3ccc([N+](=O)[O-])cc3S(=O)(=O)[O-])cc2)ccc1OS(=O)(=O)c1ccccc1. The van der Waals surface area contributed by atoms with Crippen molar-refractivity contribution in [3.63, 3.8) is 0 Å². The predicted molar refractivity (Wildman–Crippen MR) is 140 cm³/mol. The van der Waals surface area contributed by atoms with Gasteiger partial charge in [-0.3, -0.25) is 10.1 Å². The van der Waals surface area contributed by atoms with Crippen LogP contribution in [0.25, 0.3) is 0 Å².